The van der Waals surface area contributed by atoms with E-state index in [-0.39, 0.29) is 30.0 Å². The third-order valence-corrected chi connectivity index (χ3v) is 4.86. The summed E-state index contributed by atoms with van der Waals surface area (Å²) in [6, 6.07) is 7.06. The summed E-state index contributed by atoms with van der Waals surface area (Å²) in [7, 11) is 0. The van der Waals surface area contributed by atoms with E-state index in [1.807, 2.05) is 11.8 Å². The first-order valence-corrected chi connectivity index (χ1v) is 8.63. The van der Waals surface area contributed by atoms with E-state index >= 15 is 0 Å². The van der Waals surface area contributed by atoms with Gasteiger partial charge in [-0.05, 0) is 31.9 Å². The van der Waals surface area contributed by atoms with Gasteiger partial charge in [-0.2, -0.15) is 0 Å². The van der Waals surface area contributed by atoms with Crippen molar-refractivity contribution < 1.29 is 4.79 Å². The molecule has 1 N–H and O–H groups in total. The molecule has 1 aromatic carbocycles. The van der Waals surface area contributed by atoms with E-state index in [2.05, 4.69) is 5.10 Å². The lowest BCUT2D eigenvalue weighted by molar-refractivity contribution is -0.133. The Morgan fingerprint density at radius 2 is 1.88 bits per heavy atom. The number of nitrogens with zero attached hydrogens (tertiary/aromatic N) is 2. The van der Waals surface area contributed by atoms with Crippen molar-refractivity contribution in [1.29, 1.82) is 0 Å². The predicted molar refractivity (Wildman–Crippen MR) is 93.1 cm³/mol. The molecule has 0 aliphatic heterocycles. The predicted octanol–water partition coefficient (Wildman–Crippen LogP) is 1.87. The summed E-state index contributed by atoms with van der Waals surface area (Å²) < 4.78 is 1.26. The SMILES string of the molecule is CCN(C(=O)CCn1[nH]c(=O)c2ccccc2c1=O)C1CCCC1. The highest BCUT2D eigenvalue weighted by atomic mass is 16.2. The molecular weight excluding hydrogens is 306 g/mol. The van der Waals surface area contributed by atoms with Crippen LogP contribution in [0.1, 0.15) is 39.0 Å². The van der Waals surface area contributed by atoms with Crippen LogP contribution >= 0.6 is 0 Å². The van der Waals surface area contributed by atoms with Gasteiger partial charge in [-0.15, -0.1) is 0 Å². The lowest BCUT2D eigenvalue weighted by atomic mass is 10.2. The van der Waals surface area contributed by atoms with Crippen LogP contribution in [0.5, 0.6) is 0 Å². The van der Waals surface area contributed by atoms with Crippen molar-refractivity contribution in [2.45, 2.75) is 51.6 Å². The number of carbonyl (C=O) groups excluding carboxylic acids is 1. The van der Waals surface area contributed by atoms with Crippen molar-refractivity contribution in [2.75, 3.05) is 6.54 Å². The fraction of sp³-hybridized carbons (Fsp3) is 0.500. The highest BCUT2D eigenvalue weighted by Gasteiger charge is 2.25. The van der Waals surface area contributed by atoms with Crippen molar-refractivity contribution in [2.24, 2.45) is 0 Å². The highest BCUT2D eigenvalue weighted by molar-refractivity contribution is 5.80. The lowest BCUT2D eigenvalue weighted by Crippen LogP contribution is -2.40. The van der Waals surface area contributed by atoms with Gasteiger partial charge in [0.15, 0.2) is 0 Å². The number of H-pyrrole nitrogens is 1. The third-order valence-electron chi connectivity index (χ3n) is 4.86. The number of aromatic nitrogens is 2. The number of amides is 1. The minimum absolute atomic E-state index is 0.0466. The number of rotatable bonds is 5. The summed E-state index contributed by atoms with van der Waals surface area (Å²) >= 11 is 0. The quantitative estimate of drug-likeness (QED) is 0.910. The molecule has 1 amide bonds. The van der Waals surface area contributed by atoms with E-state index in [0.29, 0.717) is 23.4 Å². The molecule has 24 heavy (non-hydrogen) atoms. The van der Waals surface area contributed by atoms with Gasteiger partial charge in [0.2, 0.25) is 5.91 Å². The molecule has 0 unspecified atom stereocenters. The number of hydrogen-bond acceptors (Lipinski definition) is 3. The number of fused-ring (bicyclic) bond motifs is 1. The van der Waals surface area contributed by atoms with Crippen LogP contribution in [0.4, 0.5) is 0 Å². The Labute approximate surface area is 140 Å². The smallest absolute Gasteiger partial charge is 0.273 e. The first kappa shape index (κ1) is 16.5. The summed E-state index contributed by atoms with van der Waals surface area (Å²) in [6.45, 7) is 2.87. The van der Waals surface area contributed by atoms with E-state index < -0.39 is 0 Å². The summed E-state index contributed by atoms with van der Waals surface area (Å²) in [6.07, 6.45) is 4.69. The first-order chi connectivity index (χ1) is 11.6. The maximum atomic E-state index is 12.5. The molecule has 0 spiro atoms. The molecule has 6 heteroatoms. The Hall–Kier alpha value is -2.37. The molecule has 1 aliphatic rings. The van der Waals surface area contributed by atoms with Gasteiger partial charge in [-0.25, -0.2) is 4.68 Å². The summed E-state index contributed by atoms with van der Waals surface area (Å²) in [5.41, 5.74) is -0.567. The van der Waals surface area contributed by atoms with Crippen LogP contribution < -0.4 is 11.1 Å². The molecule has 1 aromatic heterocycles. The average molecular weight is 329 g/mol. The van der Waals surface area contributed by atoms with Gasteiger partial charge in [-0.3, -0.25) is 19.5 Å². The molecule has 0 bridgehead atoms. The summed E-state index contributed by atoms with van der Waals surface area (Å²) in [4.78, 5) is 39.0. The Balaban J connectivity index is 1.78. The van der Waals surface area contributed by atoms with Crippen LogP contribution in [0, 0.1) is 0 Å². The molecule has 1 saturated carbocycles. The molecule has 1 fully saturated rings. The van der Waals surface area contributed by atoms with Gasteiger partial charge < -0.3 is 4.90 Å². The fourth-order valence-electron chi connectivity index (χ4n) is 3.61. The molecule has 2 aromatic rings. The summed E-state index contributed by atoms with van der Waals surface area (Å²) in [5, 5.41) is 3.35. The monoisotopic (exact) mass is 329 g/mol. The van der Waals surface area contributed by atoms with Crippen LogP contribution in [0.3, 0.4) is 0 Å². The van der Waals surface area contributed by atoms with E-state index in [1.54, 1.807) is 24.3 Å². The molecular formula is C18H23N3O3. The molecule has 6 nitrogen and oxygen atoms in total. The normalized spacial score (nSPS) is 15.0. The van der Waals surface area contributed by atoms with Crippen LogP contribution in [0.25, 0.3) is 10.8 Å². The molecule has 128 valence electrons. The first-order valence-electron chi connectivity index (χ1n) is 8.63. The van der Waals surface area contributed by atoms with Gasteiger partial charge in [0.25, 0.3) is 11.1 Å². The standard InChI is InChI=1S/C18H23N3O3/c1-2-20(13-7-3-4-8-13)16(22)11-12-21-18(24)15-10-6-5-9-14(15)17(23)19-21/h5-6,9-10,13H,2-4,7-8,11-12H2,1H3,(H,19,23). The van der Waals surface area contributed by atoms with E-state index in [0.717, 1.165) is 12.8 Å². The van der Waals surface area contributed by atoms with E-state index in [1.165, 1.54) is 17.5 Å². The Morgan fingerprint density at radius 3 is 2.54 bits per heavy atom. The maximum Gasteiger partial charge on any atom is 0.273 e. The molecule has 0 atom stereocenters. The second kappa shape index (κ2) is 7.03. The van der Waals surface area contributed by atoms with Crippen LogP contribution in [-0.4, -0.2) is 33.2 Å². The van der Waals surface area contributed by atoms with Gasteiger partial charge >= 0.3 is 0 Å². The minimum Gasteiger partial charge on any atom is -0.340 e. The Kier molecular flexibility index (Phi) is 4.83. The average Bonchev–Trinajstić information content (AvgIpc) is 3.12. The number of aryl methyl sites for hydroxylation is 1. The van der Waals surface area contributed by atoms with E-state index in [9.17, 15) is 14.4 Å². The highest BCUT2D eigenvalue weighted by Crippen LogP contribution is 2.23. The number of nitrogens with one attached hydrogen (secondary N) is 1. The van der Waals surface area contributed by atoms with Crippen LogP contribution in [-0.2, 0) is 11.3 Å². The number of aromatic amines is 1. The number of carbonyl (C=O) groups is 1. The largest absolute Gasteiger partial charge is 0.340 e. The Morgan fingerprint density at radius 1 is 1.21 bits per heavy atom. The zero-order chi connectivity index (χ0) is 17.1. The van der Waals surface area contributed by atoms with Gasteiger partial charge in [0.1, 0.15) is 0 Å². The van der Waals surface area contributed by atoms with Crippen molar-refractivity contribution in [3.05, 3.63) is 45.0 Å². The third kappa shape index (κ3) is 3.13. The second-order valence-corrected chi connectivity index (χ2v) is 6.31. The number of benzene rings is 1. The van der Waals surface area contributed by atoms with Gasteiger partial charge in [0, 0.05) is 19.0 Å². The molecule has 0 saturated heterocycles. The van der Waals surface area contributed by atoms with Crippen molar-refractivity contribution in [3.8, 4) is 0 Å². The van der Waals surface area contributed by atoms with Crippen molar-refractivity contribution in [3.63, 3.8) is 0 Å². The van der Waals surface area contributed by atoms with Crippen molar-refractivity contribution >= 4 is 16.7 Å². The molecule has 0 radical (unpaired) electrons. The minimum atomic E-state index is -0.305. The molecule has 3 rings (SSSR count). The van der Waals surface area contributed by atoms with E-state index in [4.69, 9.17) is 0 Å². The number of hydrogen-bond donors (Lipinski definition) is 1. The van der Waals surface area contributed by atoms with Crippen LogP contribution in [0.15, 0.2) is 33.9 Å². The molecule has 1 aliphatic carbocycles. The van der Waals surface area contributed by atoms with Crippen LogP contribution in [0.2, 0.25) is 0 Å². The zero-order valence-corrected chi connectivity index (χ0v) is 14.0. The second-order valence-electron chi connectivity index (χ2n) is 6.31. The Bertz CT molecular complexity index is 846. The van der Waals surface area contributed by atoms with Gasteiger partial charge in [-0.1, -0.05) is 25.0 Å². The zero-order valence-electron chi connectivity index (χ0n) is 14.0. The topological polar surface area (TPSA) is 75.2 Å². The maximum absolute atomic E-state index is 12.5. The van der Waals surface area contributed by atoms with Gasteiger partial charge in [0.05, 0.1) is 17.3 Å². The lowest BCUT2D eigenvalue weighted by Gasteiger charge is -2.27. The summed E-state index contributed by atoms with van der Waals surface area (Å²) in [5.74, 6) is 0.0466. The van der Waals surface area contributed by atoms with Crippen molar-refractivity contribution in [1.82, 2.24) is 14.7 Å². The fourth-order valence-corrected chi connectivity index (χ4v) is 3.61. The molecule has 1 heterocycles.